The molecule has 34 heavy (non-hydrogen) atoms. The summed E-state index contributed by atoms with van der Waals surface area (Å²) >= 11 is 0. The van der Waals surface area contributed by atoms with Crippen molar-refractivity contribution in [2.75, 3.05) is 33.4 Å². The number of para-hydroxylation sites is 1. The lowest BCUT2D eigenvalue weighted by atomic mass is 10.1. The largest absolute Gasteiger partial charge is 0.497 e. The third-order valence-corrected chi connectivity index (χ3v) is 6.31. The molecule has 2 atom stereocenters. The summed E-state index contributed by atoms with van der Waals surface area (Å²) in [4.78, 5) is 42.3. The first-order valence-electron chi connectivity index (χ1n) is 11.6. The van der Waals surface area contributed by atoms with Crippen molar-refractivity contribution in [3.05, 3.63) is 54.6 Å². The smallest absolute Gasteiger partial charge is 0.261 e. The number of methoxy groups -OCH3 is 1. The van der Waals surface area contributed by atoms with E-state index in [0.717, 1.165) is 12.8 Å². The highest BCUT2D eigenvalue weighted by molar-refractivity contribution is 5.94. The van der Waals surface area contributed by atoms with E-state index in [1.54, 1.807) is 53.3 Å². The lowest BCUT2D eigenvalue weighted by molar-refractivity contribution is -0.147. The van der Waals surface area contributed by atoms with E-state index in [-0.39, 0.29) is 30.8 Å². The molecule has 2 aliphatic heterocycles. The molecule has 2 saturated heterocycles. The zero-order chi connectivity index (χ0) is 23.9. The monoisotopic (exact) mass is 466 g/mol. The third-order valence-electron chi connectivity index (χ3n) is 6.31. The van der Waals surface area contributed by atoms with Crippen molar-refractivity contribution in [1.82, 2.24) is 9.80 Å². The first-order chi connectivity index (χ1) is 16.6. The number of ketones is 1. The topological polar surface area (TPSA) is 85.4 Å². The highest BCUT2D eigenvalue weighted by Crippen LogP contribution is 2.26. The third kappa shape index (κ3) is 5.50. The molecule has 2 fully saturated rings. The maximum absolute atomic E-state index is 13.4. The molecule has 0 aliphatic carbocycles. The molecule has 2 heterocycles. The van der Waals surface area contributed by atoms with Crippen LogP contribution in [0.5, 0.6) is 17.2 Å². The number of hydrogen-bond acceptors (Lipinski definition) is 6. The molecule has 0 radical (unpaired) electrons. The number of carbonyl (C=O) groups is 3. The second kappa shape index (κ2) is 11.0. The Morgan fingerprint density at radius 2 is 1.35 bits per heavy atom. The number of rotatable bonds is 9. The summed E-state index contributed by atoms with van der Waals surface area (Å²) in [6, 6.07) is 15.0. The molecule has 2 aromatic rings. The fourth-order valence-electron chi connectivity index (χ4n) is 4.55. The van der Waals surface area contributed by atoms with Crippen LogP contribution >= 0.6 is 0 Å². The predicted octanol–water partition coefficient (Wildman–Crippen LogP) is 2.70. The highest BCUT2D eigenvalue weighted by atomic mass is 16.5. The van der Waals surface area contributed by atoms with Crippen molar-refractivity contribution in [1.29, 1.82) is 0 Å². The minimum absolute atomic E-state index is 0.112. The van der Waals surface area contributed by atoms with Gasteiger partial charge < -0.3 is 24.0 Å². The lowest BCUT2D eigenvalue weighted by Crippen LogP contribution is -2.52. The van der Waals surface area contributed by atoms with Crippen LogP contribution in [0.3, 0.4) is 0 Å². The van der Waals surface area contributed by atoms with Crippen molar-refractivity contribution in [2.24, 2.45) is 0 Å². The van der Waals surface area contributed by atoms with Crippen LogP contribution in [-0.2, 0) is 14.4 Å². The van der Waals surface area contributed by atoms with E-state index in [4.69, 9.17) is 14.2 Å². The second-order valence-corrected chi connectivity index (χ2v) is 8.47. The maximum atomic E-state index is 13.4. The van der Waals surface area contributed by atoms with Crippen molar-refractivity contribution in [2.45, 2.75) is 37.8 Å². The Balaban J connectivity index is 1.33. The summed E-state index contributed by atoms with van der Waals surface area (Å²) in [5.41, 5.74) is 0. The molecule has 2 aromatic carbocycles. The minimum Gasteiger partial charge on any atom is -0.497 e. The van der Waals surface area contributed by atoms with Crippen LogP contribution in [0.15, 0.2) is 54.6 Å². The summed E-state index contributed by atoms with van der Waals surface area (Å²) in [7, 11) is 1.58. The Hall–Kier alpha value is -3.55. The van der Waals surface area contributed by atoms with E-state index in [2.05, 4.69) is 0 Å². The molecule has 180 valence electrons. The summed E-state index contributed by atoms with van der Waals surface area (Å²) in [6.07, 6.45) is 2.70. The van der Waals surface area contributed by atoms with Gasteiger partial charge in [-0.2, -0.15) is 0 Å². The Morgan fingerprint density at radius 1 is 0.765 bits per heavy atom. The zero-order valence-corrected chi connectivity index (χ0v) is 19.4. The standard InChI is InChI=1S/C26H30N2O6/c1-32-19-11-13-21(14-12-19)33-17-24(29)22-9-5-16-28(22)26(31)23-10-6-15-27(23)25(30)18-34-20-7-3-2-4-8-20/h2-4,7-8,11-14,22-23H,5-6,9-10,15-18H2,1H3/t22-,23-/m0/s1. The van der Waals surface area contributed by atoms with E-state index in [9.17, 15) is 14.4 Å². The first-order valence-corrected chi connectivity index (χ1v) is 11.6. The summed E-state index contributed by atoms with van der Waals surface area (Å²) in [5, 5.41) is 0. The van der Waals surface area contributed by atoms with Gasteiger partial charge in [0.2, 0.25) is 5.91 Å². The number of hydrogen-bond donors (Lipinski definition) is 0. The summed E-state index contributed by atoms with van der Waals surface area (Å²) in [6.45, 7) is 0.794. The maximum Gasteiger partial charge on any atom is 0.261 e. The van der Waals surface area contributed by atoms with E-state index in [1.807, 2.05) is 18.2 Å². The highest BCUT2D eigenvalue weighted by Gasteiger charge is 2.42. The average molecular weight is 467 g/mol. The molecule has 0 aromatic heterocycles. The van der Waals surface area contributed by atoms with Crippen LogP contribution in [0.1, 0.15) is 25.7 Å². The predicted molar refractivity (Wildman–Crippen MR) is 125 cm³/mol. The number of benzene rings is 2. The van der Waals surface area contributed by atoms with Gasteiger partial charge in [-0.1, -0.05) is 18.2 Å². The van der Waals surface area contributed by atoms with Crippen molar-refractivity contribution < 1.29 is 28.6 Å². The molecule has 2 aliphatic rings. The van der Waals surface area contributed by atoms with Crippen LogP contribution in [-0.4, -0.2) is 72.9 Å². The Morgan fingerprint density at radius 3 is 2.06 bits per heavy atom. The van der Waals surface area contributed by atoms with E-state index in [0.29, 0.717) is 43.2 Å². The fraction of sp³-hybridized carbons (Fsp3) is 0.423. The van der Waals surface area contributed by atoms with Gasteiger partial charge in [0.1, 0.15) is 29.9 Å². The van der Waals surface area contributed by atoms with Gasteiger partial charge in [-0.15, -0.1) is 0 Å². The van der Waals surface area contributed by atoms with Crippen LogP contribution in [0.4, 0.5) is 0 Å². The molecular formula is C26H30N2O6. The van der Waals surface area contributed by atoms with Crippen LogP contribution < -0.4 is 14.2 Å². The van der Waals surface area contributed by atoms with Crippen LogP contribution in [0.25, 0.3) is 0 Å². The van der Waals surface area contributed by atoms with E-state index < -0.39 is 12.1 Å². The van der Waals surface area contributed by atoms with Gasteiger partial charge in [-0.3, -0.25) is 14.4 Å². The number of likely N-dealkylation sites (tertiary alicyclic amines) is 2. The number of carbonyl (C=O) groups excluding carboxylic acids is 3. The van der Waals surface area contributed by atoms with Gasteiger partial charge in [0.25, 0.3) is 5.91 Å². The number of Topliss-reactive ketones (excluding diaryl/α,β-unsaturated/α-hetero) is 1. The Bertz CT molecular complexity index is 994. The quantitative estimate of drug-likeness (QED) is 0.565. The minimum atomic E-state index is -0.553. The summed E-state index contributed by atoms with van der Waals surface area (Å²) in [5.74, 6) is 1.37. The molecular weight excluding hydrogens is 436 g/mol. The molecule has 0 saturated carbocycles. The Labute approximate surface area is 199 Å². The molecule has 0 bridgehead atoms. The van der Waals surface area contributed by atoms with Crippen molar-refractivity contribution in [3.8, 4) is 17.2 Å². The van der Waals surface area contributed by atoms with Gasteiger partial charge in [-0.05, 0) is 62.1 Å². The molecule has 0 unspecified atom stereocenters. The van der Waals surface area contributed by atoms with Gasteiger partial charge in [0, 0.05) is 13.1 Å². The molecule has 8 nitrogen and oxygen atoms in total. The normalized spacial score (nSPS) is 19.7. The SMILES string of the molecule is COc1ccc(OCC(=O)[C@@H]2CCCN2C(=O)[C@@H]2CCCN2C(=O)COc2ccccc2)cc1. The van der Waals surface area contributed by atoms with Crippen LogP contribution in [0.2, 0.25) is 0 Å². The molecule has 8 heteroatoms. The first kappa shape index (κ1) is 23.6. The van der Waals surface area contributed by atoms with Gasteiger partial charge in [0.15, 0.2) is 12.4 Å². The number of ether oxygens (including phenoxy) is 3. The Kier molecular flexibility index (Phi) is 7.67. The van der Waals surface area contributed by atoms with Gasteiger partial charge >= 0.3 is 0 Å². The van der Waals surface area contributed by atoms with Gasteiger partial charge in [0.05, 0.1) is 13.2 Å². The van der Waals surface area contributed by atoms with E-state index >= 15 is 0 Å². The van der Waals surface area contributed by atoms with Gasteiger partial charge in [-0.25, -0.2) is 0 Å². The summed E-state index contributed by atoms with van der Waals surface area (Å²) < 4.78 is 16.4. The molecule has 4 rings (SSSR count). The van der Waals surface area contributed by atoms with Crippen molar-refractivity contribution in [3.63, 3.8) is 0 Å². The molecule has 0 spiro atoms. The lowest BCUT2D eigenvalue weighted by Gasteiger charge is -2.31. The molecule has 2 amide bonds. The number of nitrogens with zero attached hydrogens (tertiary/aromatic N) is 2. The fourth-order valence-corrected chi connectivity index (χ4v) is 4.55. The van der Waals surface area contributed by atoms with E-state index in [1.165, 1.54) is 0 Å². The number of amides is 2. The second-order valence-electron chi connectivity index (χ2n) is 8.47. The van der Waals surface area contributed by atoms with Crippen molar-refractivity contribution >= 4 is 17.6 Å². The molecule has 0 N–H and O–H groups in total. The van der Waals surface area contributed by atoms with Crippen LogP contribution in [0, 0.1) is 0 Å². The zero-order valence-electron chi connectivity index (χ0n) is 19.4. The average Bonchev–Trinajstić information content (AvgIpc) is 3.57.